The molecule has 0 radical (unpaired) electrons. The van der Waals surface area contributed by atoms with Gasteiger partial charge in [0.1, 0.15) is 11.6 Å². The van der Waals surface area contributed by atoms with E-state index in [9.17, 15) is 23.2 Å². The molecule has 2 amide bonds. The maximum Gasteiger partial charge on any atom is 0.233 e. The summed E-state index contributed by atoms with van der Waals surface area (Å²) in [7, 11) is 0. The van der Waals surface area contributed by atoms with Crippen molar-refractivity contribution in [1.29, 1.82) is 0 Å². The molecule has 0 aliphatic carbocycles. The fourth-order valence-electron chi connectivity index (χ4n) is 5.14. The van der Waals surface area contributed by atoms with E-state index in [1.165, 1.54) is 0 Å². The largest absolute Gasteiger partial charge is 0.343 e. The molecule has 2 aliphatic heterocycles. The molecule has 2 fully saturated rings. The fourth-order valence-corrected chi connectivity index (χ4v) is 5.14. The highest BCUT2D eigenvalue weighted by Crippen LogP contribution is 2.38. The van der Waals surface area contributed by atoms with E-state index in [-0.39, 0.29) is 17.4 Å². The number of likely N-dealkylation sites (tertiary alicyclic amines) is 2. The third-order valence-corrected chi connectivity index (χ3v) is 7.14. The van der Waals surface area contributed by atoms with Crippen molar-refractivity contribution in [3.63, 3.8) is 0 Å². The minimum Gasteiger partial charge on any atom is -0.343 e. The molecule has 7 heteroatoms. The first-order chi connectivity index (χ1) is 15.8. The summed E-state index contributed by atoms with van der Waals surface area (Å²) in [6.45, 7) is 3.35. The van der Waals surface area contributed by atoms with Gasteiger partial charge in [-0.15, -0.1) is 0 Å². The molecule has 0 saturated carbocycles. The Bertz CT molecular complexity index is 1040. The second-order valence-electron chi connectivity index (χ2n) is 9.01. The summed E-state index contributed by atoms with van der Waals surface area (Å²) >= 11 is 0. The third kappa shape index (κ3) is 4.54. The van der Waals surface area contributed by atoms with Gasteiger partial charge in [0.05, 0.1) is 11.0 Å². The van der Waals surface area contributed by atoms with E-state index in [0.717, 1.165) is 23.8 Å². The van der Waals surface area contributed by atoms with Crippen LogP contribution in [-0.4, -0.2) is 53.6 Å². The first-order valence-electron chi connectivity index (χ1n) is 11.4. The SMILES string of the molecule is CC(=O)N1CCC(C(=O)N2CCC(C(=O)c3cc(F)ccc3F)CC2)(c2ccccc2)CC1. The number of halogens is 2. The number of benzene rings is 2. The summed E-state index contributed by atoms with van der Waals surface area (Å²) in [5.41, 5.74) is 0.00834. The Labute approximate surface area is 192 Å². The lowest BCUT2D eigenvalue weighted by Gasteiger charge is -2.44. The highest BCUT2D eigenvalue weighted by molar-refractivity contribution is 5.98. The van der Waals surface area contributed by atoms with Crippen molar-refractivity contribution >= 4 is 17.6 Å². The molecule has 0 atom stereocenters. The smallest absolute Gasteiger partial charge is 0.233 e. The molecule has 2 aliphatic rings. The maximum atomic E-state index is 14.1. The lowest BCUT2D eigenvalue weighted by atomic mass is 9.71. The predicted molar refractivity (Wildman–Crippen MR) is 120 cm³/mol. The van der Waals surface area contributed by atoms with E-state index >= 15 is 0 Å². The van der Waals surface area contributed by atoms with Crippen molar-refractivity contribution in [2.75, 3.05) is 26.2 Å². The van der Waals surface area contributed by atoms with Crippen LogP contribution in [0, 0.1) is 17.6 Å². The average molecular weight is 455 g/mol. The zero-order valence-corrected chi connectivity index (χ0v) is 18.7. The van der Waals surface area contributed by atoms with Gasteiger partial charge in [-0.1, -0.05) is 30.3 Å². The molecular formula is C26H28F2N2O3. The number of nitrogens with zero attached hydrogens (tertiary/aromatic N) is 2. The zero-order valence-electron chi connectivity index (χ0n) is 18.7. The van der Waals surface area contributed by atoms with Gasteiger partial charge in [-0.25, -0.2) is 8.78 Å². The molecular weight excluding hydrogens is 426 g/mol. The van der Waals surface area contributed by atoms with Crippen LogP contribution in [0.5, 0.6) is 0 Å². The molecule has 174 valence electrons. The number of ketones is 1. The van der Waals surface area contributed by atoms with Crippen molar-refractivity contribution in [1.82, 2.24) is 9.80 Å². The van der Waals surface area contributed by atoms with E-state index in [0.29, 0.717) is 51.9 Å². The van der Waals surface area contributed by atoms with Crippen LogP contribution in [0.1, 0.15) is 48.5 Å². The Kier molecular flexibility index (Phi) is 6.58. The average Bonchev–Trinajstić information content (AvgIpc) is 2.85. The summed E-state index contributed by atoms with van der Waals surface area (Å²) in [6, 6.07) is 12.6. The minimum absolute atomic E-state index is 0.00742. The second kappa shape index (κ2) is 9.41. The number of Topliss-reactive ketones (excluding diaryl/α,β-unsaturated/α-hetero) is 1. The van der Waals surface area contributed by atoms with Crippen LogP contribution in [-0.2, 0) is 15.0 Å². The number of carbonyl (C=O) groups excluding carboxylic acids is 3. The highest BCUT2D eigenvalue weighted by atomic mass is 19.1. The number of amides is 2. The molecule has 0 N–H and O–H groups in total. The third-order valence-electron chi connectivity index (χ3n) is 7.14. The first kappa shape index (κ1) is 23.1. The second-order valence-corrected chi connectivity index (χ2v) is 9.01. The standard InChI is InChI=1S/C26H28F2N2O3/c1-18(31)29-15-11-26(12-16-29,20-5-3-2-4-6-20)25(33)30-13-9-19(10-14-30)24(32)22-17-21(27)7-8-23(22)28/h2-8,17,19H,9-16H2,1H3. The van der Waals surface area contributed by atoms with Gasteiger partial charge in [0.15, 0.2) is 5.78 Å². The molecule has 33 heavy (non-hydrogen) atoms. The first-order valence-corrected chi connectivity index (χ1v) is 11.4. The van der Waals surface area contributed by atoms with E-state index in [4.69, 9.17) is 0 Å². The van der Waals surface area contributed by atoms with E-state index in [2.05, 4.69) is 0 Å². The topological polar surface area (TPSA) is 57.7 Å². The molecule has 0 unspecified atom stereocenters. The van der Waals surface area contributed by atoms with Crippen LogP contribution >= 0.6 is 0 Å². The van der Waals surface area contributed by atoms with Crippen LogP contribution < -0.4 is 0 Å². The number of hydrogen-bond donors (Lipinski definition) is 0. The van der Waals surface area contributed by atoms with Crippen molar-refractivity contribution in [3.8, 4) is 0 Å². The van der Waals surface area contributed by atoms with Crippen molar-refractivity contribution < 1.29 is 23.2 Å². The Morgan fingerprint density at radius 1 is 0.879 bits per heavy atom. The molecule has 2 aromatic rings. The fraction of sp³-hybridized carbons (Fsp3) is 0.423. The molecule has 0 bridgehead atoms. The number of rotatable bonds is 4. The van der Waals surface area contributed by atoms with E-state index < -0.39 is 28.8 Å². The summed E-state index contributed by atoms with van der Waals surface area (Å²) in [4.78, 5) is 42.0. The van der Waals surface area contributed by atoms with Gasteiger partial charge in [-0.05, 0) is 49.4 Å². The minimum atomic E-state index is -0.722. The van der Waals surface area contributed by atoms with Crippen LogP contribution in [0.15, 0.2) is 48.5 Å². The van der Waals surface area contributed by atoms with Crippen molar-refractivity contribution in [2.45, 2.75) is 38.0 Å². The van der Waals surface area contributed by atoms with Gasteiger partial charge in [0.25, 0.3) is 0 Å². The zero-order chi connectivity index (χ0) is 23.6. The van der Waals surface area contributed by atoms with Gasteiger partial charge in [-0.3, -0.25) is 14.4 Å². The van der Waals surface area contributed by atoms with E-state index in [1.807, 2.05) is 30.3 Å². The number of piperidine rings is 2. The Hall–Kier alpha value is -3.09. The van der Waals surface area contributed by atoms with Crippen molar-refractivity contribution in [2.24, 2.45) is 5.92 Å². The monoisotopic (exact) mass is 454 g/mol. The molecule has 2 saturated heterocycles. The van der Waals surface area contributed by atoms with Crippen LogP contribution in [0.2, 0.25) is 0 Å². The summed E-state index contributed by atoms with van der Waals surface area (Å²) in [5, 5.41) is 0. The quantitative estimate of drug-likeness (QED) is 0.657. The number of carbonyl (C=O) groups is 3. The molecule has 2 aromatic carbocycles. The molecule has 0 spiro atoms. The van der Waals surface area contributed by atoms with Gasteiger partial charge in [0.2, 0.25) is 11.8 Å². The molecule has 2 heterocycles. The lowest BCUT2D eigenvalue weighted by Crippen LogP contribution is -2.55. The van der Waals surface area contributed by atoms with Crippen LogP contribution in [0.4, 0.5) is 8.78 Å². The van der Waals surface area contributed by atoms with Crippen LogP contribution in [0.25, 0.3) is 0 Å². The van der Waals surface area contributed by atoms with Gasteiger partial charge in [-0.2, -0.15) is 0 Å². The Balaban J connectivity index is 1.49. The predicted octanol–water partition coefficient (Wildman–Crippen LogP) is 3.97. The Morgan fingerprint density at radius 3 is 2.12 bits per heavy atom. The van der Waals surface area contributed by atoms with E-state index in [1.54, 1.807) is 16.7 Å². The van der Waals surface area contributed by atoms with Gasteiger partial charge in [0, 0.05) is 39.0 Å². The van der Waals surface area contributed by atoms with Crippen LogP contribution in [0.3, 0.4) is 0 Å². The van der Waals surface area contributed by atoms with Gasteiger partial charge >= 0.3 is 0 Å². The molecule has 5 nitrogen and oxygen atoms in total. The van der Waals surface area contributed by atoms with Crippen molar-refractivity contribution in [3.05, 3.63) is 71.3 Å². The lowest BCUT2D eigenvalue weighted by molar-refractivity contribution is -0.143. The Morgan fingerprint density at radius 2 is 1.52 bits per heavy atom. The molecule has 4 rings (SSSR count). The highest BCUT2D eigenvalue weighted by Gasteiger charge is 2.46. The molecule has 0 aromatic heterocycles. The van der Waals surface area contributed by atoms with Gasteiger partial charge < -0.3 is 9.80 Å². The summed E-state index contributed by atoms with van der Waals surface area (Å²) in [6.07, 6.45) is 1.90. The maximum absolute atomic E-state index is 14.1. The summed E-state index contributed by atoms with van der Waals surface area (Å²) < 4.78 is 27.6. The normalized spacial score (nSPS) is 18.8. The number of hydrogen-bond acceptors (Lipinski definition) is 3. The summed E-state index contributed by atoms with van der Waals surface area (Å²) in [5.74, 6) is -2.20.